The van der Waals surface area contributed by atoms with Gasteiger partial charge in [0.2, 0.25) is 0 Å². The molecule has 3 aliphatic rings. The molecule has 3 rings (SSSR count). The molecule has 1 heterocycles. The van der Waals surface area contributed by atoms with Crippen molar-refractivity contribution < 1.29 is 9.90 Å². The first kappa shape index (κ1) is 8.68. The largest absolute Gasteiger partial charge is 0.481 e. The summed E-state index contributed by atoms with van der Waals surface area (Å²) in [7, 11) is 2.07. The number of carboxylic acid groups (broad SMARTS) is 1. The van der Waals surface area contributed by atoms with Crippen molar-refractivity contribution in [3.05, 3.63) is 0 Å². The number of likely N-dealkylation sites (tertiary alicyclic amines) is 1. The highest BCUT2D eigenvalue weighted by Gasteiger charge is 2.63. The molecule has 6 atom stereocenters. The van der Waals surface area contributed by atoms with Crippen LogP contribution in [0.15, 0.2) is 0 Å². The molecule has 1 aliphatic heterocycles. The van der Waals surface area contributed by atoms with Crippen molar-refractivity contribution in [3.8, 4) is 0 Å². The van der Waals surface area contributed by atoms with Crippen molar-refractivity contribution in [2.45, 2.75) is 18.5 Å². The molecule has 14 heavy (non-hydrogen) atoms. The minimum atomic E-state index is -0.633. The lowest BCUT2D eigenvalue weighted by Gasteiger charge is -2.30. The lowest BCUT2D eigenvalue weighted by molar-refractivity contribution is -0.145. The van der Waals surface area contributed by atoms with Crippen molar-refractivity contribution in [2.75, 3.05) is 13.6 Å². The van der Waals surface area contributed by atoms with Crippen LogP contribution in [0.4, 0.5) is 0 Å². The van der Waals surface area contributed by atoms with Crippen LogP contribution in [0.3, 0.4) is 0 Å². The van der Waals surface area contributed by atoms with Gasteiger partial charge < -0.3 is 15.7 Å². The van der Waals surface area contributed by atoms with Crippen LogP contribution in [0.2, 0.25) is 0 Å². The van der Waals surface area contributed by atoms with E-state index in [4.69, 9.17) is 5.73 Å². The van der Waals surface area contributed by atoms with Gasteiger partial charge in [-0.15, -0.1) is 0 Å². The topological polar surface area (TPSA) is 66.6 Å². The normalized spacial score (nSPS) is 55.6. The van der Waals surface area contributed by atoms with E-state index in [2.05, 4.69) is 11.9 Å². The molecular formula is C10H16N2O2. The molecule has 3 N–H and O–H groups in total. The number of aliphatic carboxylic acids is 1. The van der Waals surface area contributed by atoms with Gasteiger partial charge in [0, 0.05) is 18.6 Å². The van der Waals surface area contributed by atoms with Gasteiger partial charge in [-0.1, -0.05) is 0 Å². The summed E-state index contributed by atoms with van der Waals surface area (Å²) in [5, 5.41) is 9.19. The number of hydrogen-bond acceptors (Lipinski definition) is 3. The van der Waals surface area contributed by atoms with Gasteiger partial charge in [0.1, 0.15) is 0 Å². The van der Waals surface area contributed by atoms with Gasteiger partial charge in [-0.05, 0) is 31.2 Å². The van der Waals surface area contributed by atoms with Gasteiger partial charge in [0.05, 0.1) is 5.92 Å². The Kier molecular flexibility index (Phi) is 1.55. The van der Waals surface area contributed by atoms with Crippen molar-refractivity contribution in [1.29, 1.82) is 0 Å². The molecule has 2 aliphatic carbocycles. The van der Waals surface area contributed by atoms with E-state index in [1.807, 2.05) is 0 Å². The lowest BCUT2D eigenvalue weighted by Crippen LogP contribution is -2.48. The Morgan fingerprint density at radius 2 is 2.14 bits per heavy atom. The maximum atomic E-state index is 11.2. The second-order valence-corrected chi connectivity index (χ2v) is 5.10. The number of hydrogen-bond donors (Lipinski definition) is 2. The highest BCUT2D eigenvalue weighted by Crippen LogP contribution is 2.57. The van der Waals surface area contributed by atoms with E-state index in [1.54, 1.807) is 0 Å². The summed E-state index contributed by atoms with van der Waals surface area (Å²) in [6.07, 6.45) is 1.04. The summed E-state index contributed by atoms with van der Waals surface area (Å²) in [6.45, 7) is 0.927. The summed E-state index contributed by atoms with van der Waals surface area (Å²) >= 11 is 0. The number of nitrogens with two attached hydrogens (primary N) is 1. The average molecular weight is 196 g/mol. The number of carboxylic acids is 1. The first-order valence-corrected chi connectivity index (χ1v) is 5.30. The molecule has 78 valence electrons. The van der Waals surface area contributed by atoms with E-state index in [1.165, 1.54) is 0 Å². The van der Waals surface area contributed by atoms with E-state index in [9.17, 15) is 9.90 Å². The van der Waals surface area contributed by atoms with Gasteiger partial charge in [-0.3, -0.25) is 4.79 Å². The Labute approximate surface area is 83.1 Å². The molecule has 0 spiro atoms. The maximum Gasteiger partial charge on any atom is 0.307 e. The number of fused-ring (bicyclic) bond motifs is 1. The van der Waals surface area contributed by atoms with Crippen LogP contribution < -0.4 is 5.73 Å². The average Bonchev–Trinajstić information content (AvgIpc) is 2.63. The lowest BCUT2D eigenvalue weighted by atomic mass is 9.78. The molecule has 0 aromatic heterocycles. The van der Waals surface area contributed by atoms with E-state index >= 15 is 0 Å². The van der Waals surface area contributed by atoms with E-state index in [-0.39, 0.29) is 17.9 Å². The highest BCUT2D eigenvalue weighted by molar-refractivity contribution is 5.72. The summed E-state index contributed by atoms with van der Waals surface area (Å²) in [5.74, 6) is 0.355. The van der Waals surface area contributed by atoms with E-state index in [0.29, 0.717) is 17.9 Å². The second-order valence-electron chi connectivity index (χ2n) is 5.10. The van der Waals surface area contributed by atoms with Gasteiger partial charge in [-0.25, -0.2) is 0 Å². The zero-order chi connectivity index (χ0) is 10.0. The molecule has 0 aromatic carbocycles. The Morgan fingerprint density at radius 1 is 1.43 bits per heavy atom. The van der Waals surface area contributed by atoms with Crippen LogP contribution >= 0.6 is 0 Å². The Balaban J connectivity index is 1.99. The van der Waals surface area contributed by atoms with Gasteiger partial charge in [0.15, 0.2) is 0 Å². The number of nitrogens with zero attached hydrogens (tertiary/aromatic N) is 1. The van der Waals surface area contributed by atoms with Crippen LogP contribution in [0.1, 0.15) is 6.42 Å². The predicted molar refractivity (Wildman–Crippen MR) is 50.6 cm³/mol. The van der Waals surface area contributed by atoms with Crippen LogP contribution in [-0.2, 0) is 4.79 Å². The fraction of sp³-hybridized carbons (Fsp3) is 0.900. The zero-order valence-electron chi connectivity index (χ0n) is 8.26. The monoisotopic (exact) mass is 196 g/mol. The molecule has 1 saturated heterocycles. The molecule has 4 heteroatoms. The van der Waals surface area contributed by atoms with Crippen molar-refractivity contribution in [1.82, 2.24) is 4.90 Å². The molecule has 2 bridgehead atoms. The molecule has 4 nitrogen and oxygen atoms in total. The van der Waals surface area contributed by atoms with Crippen LogP contribution in [-0.4, -0.2) is 41.7 Å². The minimum absolute atomic E-state index is 0.0878. The number of rotatable bonds is 1. The Hall–Kier alpha value is -0.610. The van der Waals surface area contributed by atoms with Gasteiger partial charge in [-0.2, -0.15) is 0 Å². The molecule has 0 radical (unpaired) electrons. The second kappa shape index (κ2) is 2.49. The Bertz CT molecular complexity index is 290. The zero-order valence-corrected chi connectivity index (χ0v) is 8.26. The quantitative estimate of drug-likeness (QED) is 0.598. The summed E-state index contributed by atoms with van der Waals surface area (Å²) in [6, 6.07) is 0.547. The highest BCUT2D eigenvalue weighted by atomic mass is 16.4. The third kappa shape index (κ3) is 0.792. The third-order valence-electron chi connectivity index (χ3n) is 4.64. The fourth-order valence-electron chi connectivity index (χ4n) is 4.24. The molecule has 3 fully saturated rings. The maximum absolute atomic E-state index is 11.2. The van der Waals surface area contributed by atoms with Crippen LogP contribution in [0, 0.1) is 23.7 Å². The first-order chi connectivity index (χ1) is 6.61. The minimum Gasteiger partial charge on any atom is -0.481 e. The van der Waals surface area contributed by atoms with E-state index in [0.717, 1.165) is 13.0 Å². The van der Waals surface area contributed by atoms with E-state index < -0.39 is 5.97 Å². The summed E-state index contributed by atoms with van der Waals surface area (Å²) < 4.78 is 0. The fourth-order valence-corrected chi connectivity index (χ4v) is 4.24. The molecule has 0 amide bonds. The first-order valence-electron chi connectivity index (χ1n) is 5.30. The number of carbonyl (C=O) groups is 1. The Morgan fingerprint density at radius 3 is 2.79 bits per heavy atom. The molecule has 0 unspecified atom stereocenters. The SMILES string of the molecule is CN1C[C@@H]2[C@H]3C[C@@H]([C@H](N)[C@H]31)[C@H]2C(=O)O. The molecular weight excluding hydrogens is 180 g/mol. The number of likely N-dealkylation sites (N-methyl/N-ethyl adjacent to an activating group) is 1. The van der Waals surface area contributed by atoms with Crippen molar-refractivity contribution in [3.63, 3.8) is 0 Å². The predicted octanol–water partition coefficient (Wildman–Crippen LogP) is -0.406. The van der Waals surface area contributed by atoms with Crippen molar-refractivity contribution >= 4 is 5.97 Å². The van der Waals surface area contributed by atoms with Crippen LogP contribution in [0.5, 0.6) is 0 Å². The van der Waals surface area contributed by atoms with Gasteiger partial charge in [0.25, 0.3) is 0 Å². The summed E-state index contributed by atoms with van der Waals surface area (Å²) in [5.41, 5.74) is 6.11. The van der Waals surface area contributed by atoms with Gasteiger partial charge >= 0.3 is 5.97 Å². The molecule has 2 saturated carbocycles. The third-order valence-corrected chi connectivity index (χ3v) is 4.64. The van der Waals surface area contributed by atoms with Crippen LogP contribution in [0.25, 0.3) is 0 Å². The smallest absolute Gasteiger partial charge is 0.307 e. The standard InChI is InChI=1S/C10H16N2O2/c1-12-3-6-4-2-5(7(6)10(13)14)8(11)9(4)12/h4-9H,2-3,11H2,1H3,(H,13,14)/t4-,5-,6-,7-,8+,9+/m1/s1. The molecule has 0 aromatic rings. The summed E-state index contributed by atoms with van der Waals surface area (Å²) in [4.78, 5) is 13.4. The van der Waals surface area contributed by atoms with Crippen molar-refractivity contribution in [2.24, 2.45) is 29.4 Å².